The minimum Gasteiger partial charge on any atom is -0.509 e. The van der Waals surface area contributed by atoms with Crippen molar-refractivity contribution < 1.29 is 14.7 Å². The van der Waals surface area contributed by atoms with E-state index in [0.29, 0.717) is 12.2 Å². The number of aliphatic hydroxyl groups excluding tert-OH is 1. The Morgan fingerprint density at radius 3 is 2.23 bits per heavy atom. The highest BCUT2D eigenvalue weighted by molar-refractivity contribution is 6.23. The minimum atomic E-state index is -0.856. The third-order valence-electron chi connectivity index (χ3n) is 4.07. The molecule has 1 aliphatic heterocycles. The van der Waals surface area contributed by atoms with Crippen molar-refractivity contribution in [3.63, 3.8) is 0 Å². The first-order chi connectivity index (χ1) is 10.2. The number of aliphatic hydroxyl groups is 1. The van der Waals surface area contributed by atoms with Gasteiger partial charge >= 0.3 is 0 Å². The summed E-state index contributed by atoms with van der Waals surface area (Å²) in [7, 11) is 0. The Balaban J connectivity index is 2.56. The fourth-order valence-electron chi connectivity index (χ4n) is 3.06. The van der Waals surface area contributed by atoms with Gasteiger partial charge < -0.3 is 5.11 Å². The number of hydroxylamine groups is 2. The maximum atomic E-state index is 12.8. The van der Waals surface area contributed by atoms with Gasteiger partial charge in [0.05, 0.1) is 12.2 Å². The summed E-state index contributed by atoms with van der Waals surface area (Å²) in [4.78, 5) is 18.4. The normalized spacial score (nSPS) is 17.5. The van der Waals surface area contributed by atoms with Crippen LogP contribution in [0.25, 0.3) is 5.57 Å². The molecule has 0 saturated carbocycles. The lowest BCUT2D eigenvalue weighted by molar-refractivity contribution is -0.203. The number of hydrogen-bond acceptors (Lipinski definition) is 3. The number of hydrogen-bond donors (Lipinski definition) is 1. The number of rotatable bonds is 4. The SMILES string of the molecule is CCCON1C(=O)C(c2c(C)cc(C)cc2C)=C(O)C1(C)C. The summed E-state index contributed by atoms with van der Waals surface area (Å²) >= 11 is 0. The maximum Gasteiger partial charge on any atom is 0.282 e. The summed E-state index contributed by atoms with van der Waals surface area (Å²) in [5.41, 5.74) is 3.43. The van der Waals surface area contributed by atoms with Gasteiger partial charge in [0, 0.05) is 0 Å². The van der Waals surface area contributed by atoms with Gasteiger partial charge in [0.25, 0.3) is 5.91 Å². The van der Waals surface area contributed by atoms with Crippen LogP contribution in [0.4, 0.5) is 0 Å². The second-order valence-corrected chi connectivity index (χ2v) is 6.49. The van der Waals surface area contributed by atoms with Crippen LogP contribution >= 0.6 is 0 Å². The van der Waals surface area contributed by atoms with E-state index in [1.165, 1.54) is 5.06 Å². The molecule has 0 fully saturated rings. The molecule has 1 aliphatic rings. The van der Waals surface area contributed by atoms with Gasteiger partial charge in [-0.25, -0.2) is 5.06 Å². The molecule has 4 nitrogen and oxygen atoms in total. The van der Waals surface area contributed by atoms with Gasteiger partial charge in [-0.15, -0.1) is 0 Å². The predicted molar refractivity (Wildman–Crippen MR) is 87.4 cm³/mol. The monoisotopic (exact) mass is 303 g/mol. The van der Waals surface area contributed by atoms with Crippen LogP contribution in [-0.2, 0) is 9.63 Å². The first kappa shape index (κ1) is 16.6. The van der Waals surface area contributed by atoms with E-state index >= 15 is 0 Å². The summed E-state index contributed by atoms with van der Waals surface area (Å²) in [6, 6.07) is 4.05. The molecule has 0 aromatic heterocycles. The molecule has 1 aromatic carbocycles. The van der Waals surface area contributed by atoms with Crippen LogP contribution in [0.1, 0.15) is 49.4 Å². The van der Waals surface area contributed by atoms with Crippen molar-refractivity contribution >= 4 is 11.5 Å². The molecule has 0 bridgehead atoms. The van der Waals surface area contributed by atoms with Gasteiger partial charge in [0.2, 0.25) is 0 Å². The first-order valence-corrected chi connectivity index (χ1v) is 7.71. The van der Waals surface area contributed by atoms with Gasteiger partial charge in [-0.05, 0) is 57.7 Å². The van der Waals surface area contributed by atoms with Gasteiger partial charge in [-0.3, -0.25) is 9.63 Å². The molecular formula is C18H25NO3. The number of nitrogens with zero attached hydrogens (tertiary/aromatic N) is 1. The van der Waals surface area contributed by atoms with Crippen molar-refractivity contribution in [1.82, 2.24) is 5.06 Å². The maximum absolute atomic E-state index is 12.8. The molecule has 120 valence electrons. The Morgan fingerprint density at radius 1 is 1.18 bits per heavy atom. The van der Waals surface area contributed by atoms with Crippen LogP contribution in [0.3, 0.4) is 0 Å². The molecule has 0 aliphatic carbocycles. The van der Waals surface area contributed by atoms with Crippen molar-refractivity contribution in [2.45, 2.75) is 53.5 Å². The van der Waals surface area contributed by atoms with Gasteiger partial charge in [-0.2, -0.15) is 0 Å². The van der Waals surface area contributed by atoms with Crippen LogP contribution in [0, 0.1) is 20.8 Å². The lowest BCUT2D eigenvalue weighted by Gasteiger charge is -2.30. The summed E-state index contributed by atoms with van der Waals surface area (Å²) in [5, 5.41) is 12.0. The van der Waals surface area contributed by atoms with Gasteiger partial charge in [-0.1, -0.05) is 24.6 Å². The zero-order valence-electron chi connectivity index (χ0n) is 14.3. The highest BCUT2D eigenvalue weighted by atomic mass is 16.7. The zero-order valence-corrected chi connectivity index (χ0v) is 14.3. The molecule has 0 unspecified atom stereocenters. The Bertz CT molecular complexity index is 621. The third-order valence-corrected chi connectivity index (χ3v) is 4.07. The quantitative estimate of drug-likeness (QED) is 0.919. The highest BCUT2D eigenvalue weighted by Crippen LogP contribution is 2.40. The van der Waals surface area contributed by atoms with Crippen molar-refractivity contribution in [3.8, 4) is 0 Å². The molecule has 2 rings (SSSR count). The molecule has 1 aromatic rings. The Hall–Kier alpha value is -1.81. The van der Waals surface area contributed by atoms with Crippen LogP contribution in [0.2, 0.25) is 0 Å². The standard InChI is InChI=1S/C18H25NO3/c1-7-8-22-19-17(21)15(16(20)18(19,5)6)14-12(3)9-11(2)10-13(14)4/h9-10,20H,7-8H2,1-6H3. The smallest absolute Gasteiger partial charge is 0.282 e. The predicted octanol–water partition coefficient (Wildman–Crippen LogP) is 3.84. The van der Waals surface area contributed by atoms with E-state index in [1.807, 2.05) is 39.8 Å². The molecular weight excluding hydrogens is 278 g/mol. The number of carbonyl (C=O) groups is 1. The Morgan fingerprint density at radius 2 is 1.73 bits per heavy atom. The average Bonchev–Trinajstić information content (AvgIpc) is 2.56. The molecule has 0 radical (unpaired) electrons. The molecule has 1 amide bonds. The van der Waals surface area contributed by atoms with E-state index in [1.54, 1.807) is 13.8 Å². The van der Waals surface area contributed by atoms with Crippen LogP contribution in [0.5, 0.6) is 0 Å². The van der Waals surface area contributed by atoms with Crippen LogP contribution in [0.15, 0.2) is 17.9 Å². The molecule has 4 heteroatoms. The Labute approximate surface area is 132 Å². The summed E-state index contributed by atoms with van der Waals surface area (Å²) in [6.07, 6.45) is 0.804. The lowest BCUT2D eigenvalue weighted by atomic mass is 9.91. The fraction of sp³-hybridized carbons (Fsp3) is 0.500. The summed E-state index contributed by atoms with van der Waals surface area (Å²) < 4.78 is 0. The lowest BCUT2D eigenvalue weighted by Crippen LogP contribution is -2.43. The molecule has 1 heterocycles. The van der Waals surface area contributed by atoms with E-state index in [0.717, 1.165) is 28.7 Å². The Kier molecular flexibility index (Phi) is 4.34. The zero-order chi connectivity index (χ0) is 16.7. The largest absolute Gasteiger partial charge is 0.509 e. The average molecular weight is 303 g/mol. The molecule has 0 atom stereocenters. The van der Waals surface area contributed by atoms with E-state index in [2.05, 4.69) is 0 Å². The van der Waals surface area contributed by atoms with E-state index < -0.39 is 5.54 Å². The second kappa shape index (κ2) is 5.76. The first-order valence-electron chi connectivity index (χ1n) is 7.71. The molecule has 22 heavy (non-hydrogen) atoms. The summed E-state index contributed by atoms with van der Waals surface area (Å²) in [5.74, 6) is -0.199. The minimum absolute atomic E-state index is 0.0728. The number of benzene rings is 1. The van der Waals surface area contributed by atoms with Crippen molar-refractivity contribution in [2.75, 3.05) is 6.61 Å². The molecule has 0 saturated heterocycles. The molecule has 0 spiro atoms. The van der Waals surface area contributed by atoms with Crippen LogP contribution < -0.4 is 0 Å². The van der Waals surface area contributed by atoms with Crippen molar-refractivity contribution in [2.24, 2.45) is 0 Å². The van der Waals surface area contributed by atoms with Crippen molar-refractivity contribution in [1.29, 1.82) is 0 Å². The van der Waals surface area contributed by atoms with Crippen molar-refractivity contribution in [3.05, 3.63) is 40.1 Å². The number of amides is 1. The third kappa shape index (κ3) is 2.52. The van der Waals surface area contributed by atoms with Crippen LogP contribution in [-0.4, -0.2) is 28.2 Å². The van der Waals surface area contributed by atoms with E-state index in [9.17, 15) is 9.90 Å². The number of carbonyl (C=O) groups excluding carboxylic acids is 1. The fourth-order valence-corrected chi connectivity index (χ4v) is 3.06. The second-order valence-electron chi connectivity index (χ2n) is 6.49. The van der Waals surface area contributed by atoms with E-state index in [-0.39, 0.29) is 11.7 Å². The highest BCUT2D eigenvalue weighted by Gasteiger charge is 2.48. The van der Waals surface area contributed by atoms with E-state index in [4.69, 9.17) is 4.84 Å². The topological polar surface area (TPSA) is 49.8 Å². The van der Waals surface area contributed by atoms with Gasteiger partial charge in [0.1, 0.15) is 11.3 Å². The summed E-state index contributed by atoms with van der Waals surface area (Å²) in [6.45, 7) is 12.0. The van der Waals surface area contributed by atoms with Gasteiger partial charge in [0.15, 0.2) is 0 Å². The molecule has 1 N–H and O–H groups in total. The number of aryl methyl sites for hydroxylation is 3.